The van der Waals surface area contributed by atoms with Gasteiger partial charge in [0.1, 0.15) is 11.3 Å². The number of nitrogens with zero attached hydrogens (tertiary/aromatic N) is 1. The summed E-state index contributed by atoms with van der Waals surface area (Å²) >= 11 is 0. The third-order valence-electron chi connectivity index (χ3n) is 2.91. The Kier molecular flexibility index (Phi) is 4.37. The van der Waals surface area contributed by atoms with Gasteiger partial charge in [0.05, 0.1) is 17.9 Å². The van der Waals surface area contributed by atoms with E-state index in [1.165, 1.54) is 0 Å². The highest BCUT2D eigenvalue weighted by Gasteiger charge is 2.17. The first-order valence-corrected chi connectivity index (χ1v) is 6.54. The van der Waals surface area contributed by atoms with Crippen LogP contribution in [0.3, 0.4) is 0 Å². The molecule has 0 radical (unpaired) electrons. The Morgan fingerprint density at radius 2 is 1.90 bits per heavy atom. The molecule has 0 bridgehead atoms. The van der Waals surface area contributed by atoms with Crippen molar-refractivity contribution < 1.29 is 18.8 Å². The molecule has 110 valence electrons. The number of aryl methyl sites for hydroxylation is 2. The number of rotatable bonds is 4. The summed E-state index contributed by atoms with van der Waals surface area (Å²) in [6, 6.07) is 6.48. The number of esters is 1. The molecule has 2 rings (SSSR count). The Balaban J connectivity index is 2.10. The van der Waals surface area contributed by atoms with Crippen molar-refractivity contribution in [2.24, 2.45) is 0 Å². The van der Waals surface area contributed by atoms with E-state index in [2.05, 4.69) is 10.5 Å². The van der Waals surface area contributed by atoms with Gasteiger partial charge in [0, 0.05) is 5.69 Å². The van der Waals surface area contributed by atoms with Gasteiger partial charge < -0.3 is 14.6 Å². The van der Waals surface area contributed by atoms with Crippen LogP contribution in [0.15, 0.2) is 28.8 Å². The Morgan fingerprint density at radius 1 is 1.24 bits per heavy atom. The maximum Gasteiger partial charge on any atom is 0.338 e. The van der Waals surface area contributed by atoms with E-state index in [0.29, 0.717) is 34.9 Å². The summed E-state index contributed by atoms with van der Waals surface area (Å²) in [5.74, 6) is -0.218. The fraction of sp³-hybridized carbons (Fsp3) is 0.267. The van der Waals surface area contributed by atoms with Crippen molar-refractivity contribution in [1.82, 2.24) is 5.16 Å². The molecule has 1 aromatic heterocycles. The Bertz CT molecular complexity index is 639. The van der Waals surface area contributed by atoms with Crippen molar-refractivity contribution in [2.45, 2.75) is 20.8 Å². The van der Waals surface area contributed by atoms with Crippen molar-refractivity contribution >= 4 is 17.6 Å². The molecule has 0 unspecified atom stereocenters. The van der Waals surface area contributed by atoms with Gasteiger partial charge in [-0.25, -0.2) is 4.79 Å². The number of hydrogen-bond donors (Lipinski definition) is 1. The van der Waals surface area contributed by atoms with E-state index in [-0.39, 0.29) is 11.9 Å². The lowest BCUT2D eigenvalue weighted by atomic mass is 10.1. The van der Waals surface area contributed by atoms with Crippen molar-refractivity contribution in [3.05, 3.63) is 46.8 Å². The first-order chi connectivity index (χ1) is 10.0. The second kappa shape index (κ2) is 6.21. The molecule has 6 nitrogen and oxygen atoms in total. The van der Waals surface area contributed by atoms with Gasteiger partial charge in [0.15, 0.2) is 0 Å². The van der Waals surface area contributed by atoms with Gasteiger partial charge >= 0.3 is 5.97 Å². The normalized spacial score (nSPS) is 10.2. The second-order valence-corrected chi connectivity index (χ2v) is 4.45. The van der Waals surface area contributed by atoms with Crippen molar-refractivity contribution in [2.75, 3.05) is 11.9 Å². The van der Waals surface area contributed by atoms with E-state index in [1.54, 1.807) is 45.0 Å². The molecule has 0 fully saturated rings. The SMILES string of the molecule is CCOC(=O)c1ccc(NC(=O)c2c(C)noc2C)cc1. The summed E-state index contributed by atoms with van der Waals surface area (Å²) in [6.07, 6.45) is 0. The van der Waals surface area contributed by atoms with E-state index in [1.807, 2.05) is 0 Å². The molecule has 1 aromatic carbocycles. The Morgan fingerprint density at radius 3 is 2.43 bits per heavy atom. The molecule has 0 saturated carbocycles. The average Bonchev–Trinajstić information content (AvgIpc) is 2.79. The lowest BCUT2D eigenvalue weighted by Gasteiger charge is -2.06. The van der Waals surface area contributed by atoms with Gasteiger partial charge in [-0.15, -0.1) is 0 Å². The number of nitrogens with one attached hydrogen (secondary N) is 1. The third-order valence-corrected chi connectivity index (χ3v) is 2.91. The Hall–Kier alpha value is -2.63. The van der Waals surface area contributed by atoms with Gasteiger partial charge in [0.25, 0.3) is 5.91 Å². The molecule has 0 saturated heterocycles. The van der Waals surface area contributed by atoms with Crippen LogP contribution in [0, 0.1) is 13.8 Å². The molecule has 6 heteroatoms. The van der Waals surface area contributed by atoms with Crippen molar-refractivity contribution in [3.63, 3.8) is 0 Å². The van der Waals surface area contributed by atoms with Gasteiger partial charge in [-0.3, -0.25) is 4.79 Å². The summed E-state index contributed by atoms with van der Waals surface area (Å²) in [5, 5.41) is 6.47. The predicted molar refractivity (Wildman–Crippen MR) is 76.3 cm³/mol. The molecule has 2 aromatic rings. The van der Waals surface area contributed by atoms with Gasteiger partial charge in [-0.1, -0.05) is 5.16 Å². The molecule has 1 N–H and O–H groups in total. The van der Waals surface area contributed by atoms with Crippen molar-refractivity contribution in [1.29, 1.82) is 0 Å². The highest BCUT2D eigenvalue weighted by Crippen LogP contribution is 2.16. The zero-order valence-corrected chi connectivity index (χ0v) is 12.1. The van der Waals surface area contributed by atoms with E-state index in [4.69, 9.17) is 9.26 Å². The van der Waals surface area contributed by atoms with Gasteiger partial charge in [-0.2, -0.15) is 0 Å². The van der Waals surface area contributed by atoms with Crippen LogP contribution < -0.4 is 5.32 Å². The predicted octanol–water partition coefficient (Wildman–Crippen LogP) is 2.72. The second-order valence-electron chi connectivity index (χ2n) is 4.45. The molecule has 0 spiro atoms. The van der Waals surface area contributed by atoms with Gasteiger partial charge in [-0.05, 0) is 45.0 Å². The molecule has 0 aliphatic carbocycles. The minimum atomic E-state index is -0.388. The number of carbonyl (C=O) groups is 2. The monoisotopic (exact) mass is 288 g/mol. The van der Waals surface area contributed by atoms with Crippen LogP contribution in [0.2, 0.25) is 0 Å². The number of carbonyl (C=O) groups excluding carboxylic acids is 2. The topological polar surface area (TPSA) is 81.4 Å². The van der Waals surface area contributed by atoms with Gasteiger partial charge in [0.2, 0.25) is 0 Å². The number of benzene rings is 1. The van der Waals surface area contributed by atoms with E-state index in [0.717, 1.165) is 0 Å². The third kappa shape index (κ3) is 3.28. The maximum absolute atomic E-state index is 12.1. The molecule has 1 heterocycles. The zero-order chi connectivity index (χ0) is 15.4. The number of hydrogen-bond acceptors (Lipinski definition) is 5. The lowest BCUT2D eigenvalue weighted by molar-refractivity contribution is 0.0526. The highest BCUT2D eigenvalue weighted by atomic mass is 16.5. The number of anilines is 1. The molecule has 0 aliphatic heterocycles. The number of ether oxygens (including phenoxy) is 1. The standard InChI is InChI=1S/C15H16N2O4/c1-4-20-15(19)11-5-7-12(8-6-11)16-14(18)13-9(2)17-21-10(13)3/h5-8H,4H2,1-3H3,(H,16,18). The van der Waals surface area contributed by atoms with Crippen LogP contribution in [-0.4, -0.2) is 23.6 Å². The smallest absolute Gasteiger partial charge is 0.338 e. The van der Waals surface area contributed by atoms with Crippen LogP contribution in [0.4, 0.5) is 5.69 Å². The lowest BCUT2D eigenvalue weighted by Crippen LogP contribution is -2.13. The van der Waals surface area contributed by atoms with E-state index >= 15 is 0 Å². The fourth-order valence-corrected chi connectivity index (χ4v) is 1.90. The summed E-state index contributed by atoms with van der Waals surface area (Å²) in [4.78, 5) is 23.7. The first-order valence-electron chi connectivity index (χ1n) is 6.54. The van der Waals surface area contributed by atoms with Crippen molar-refractivity contribution in [3.8, 4) is 0 Å². The fourth-order valence-electron chi connectivity index (χ4n) is 1.90. The molecule has 0 aliphatic rings. The molecule has 21 heavy (non-hydrogen) atoms. The quantitative estimate of drug-likeness (QED) is 0.875. The summed E-state index contributed by atoms with van der Waals surface area (Å²) in [6.45, 7) is 5.45. The number of aromatic nitrogens is 1. The molecule has 1 amide bonds. The minimum Gasteiger partial charge on any atom is -0.462 e. The number of amides is 1. The van der Waals surface area contributed by atoms with Crippen LogP contribution in [0.25, 0.3) is 0 Å². The van der Waals surface area contributed by atoms with Crippen LogP contribution in [0.5, 0.6) is 0 Å². The zero-order valence-electron chi connectivity index (χ0n) is 12.1. The summed E-state index contributed by atoms with van der Waals surface area (Å²) in [7, 11) is 0. The molecular weight excluding hydrogens is 272 g/mol. The van der Waals surface area contributed by atoms with E-state index < -0.39 is 0 Å². The molecule has 0 atom stereocenters. The van der Waals surface area contributed by atoms with Crippen LogP contribution in [-0.2, 0) is 4.74 Å². The first kappa shape index (κ1) is 14.8. The Labute approximate surface area is 122 Å². The minimum absolute atomic E-state index is 0.296. The van der Waals surface area contributed by atoms with Crippen LogP contribution >= 0.6 is 0 Å². The van der Waals surface area contributed by atoms with E-state index in [9.17, 15) is 9.59 Å². The van der Waals surface area contributed by atoms with Crippen LogP contribution in [0.1, 0.15) is 39.1 Å². The summed E-state index contributed by atoms with van der Waals surface area (Å²) in [5.41, 5.74) is 1.97. The molecular formula is C15H16N2O4. The average molecular weight is 288 g/mol. The summed E-state index contributed by atoms with van der Waals surface area (Å²) < 4.78 is 9.85. The maximum atomic E-state index is 12.1. The largest absolute Gasteiger partial charge is 0.462 e. The highest BCUT2D eigenvalue weighted by molar-refractivity contribution is 6.05.